The number of aryl methyl sites for hydroxylation is 4. The van der Waals surface area contributed by atoms with E-state index in [1.807, 2.05) is 42.9 Å². The minimum absolute atomic E-state index is 0.271. The summed E-state index contributed by atoms with van der Waals surface area (Å²) in [5, 5.41) is 9.07. The number of para-hydroxylation sites is 1. The quantitative estimate of drug-likeness (QED) is 0.0938. The molecule has 0 radical (unpaired) electrons. The molecule has 0 unspecified atom stereocenters. The fourth-order valence-corrected chi connectivity index (χ4v) is 6.72. The van der Waals surface area contributed by atoms with Gasteiger partial charge in [-0.2, -0.15) is 5.10 Å². The lowest BCUT2D eigenvalue weighted by atomic mass is 9.97. The molecule has 2 aromatic heterocycles. The van der Waals surface area contributed by atoms with E-state index >= 15 is 0 Å². The summed E-state index contributed by atoms with van der Waals surface area (Å²) in [7, 11) is 1.99. The number of rotatable bonds is 9. The van der Waals surface area contributed by atoms with Gasteiger partial charge in [0.2, 0.25) is 0 Å². The topological polar surface area (TPSA) is 67.5 Å². The Balaban J connectivity index is 1.43. The second-order valence-corrected chi connectivity index (χ2v) is 11.7. The van der Waals surface area contributed by atoms with Crippen molar-refractivity contribution in [3.05, 3.63) is 83.3 Å². The average Bonchev–Trinajstić information content (AvgIpc) is 3.49. The summed E-state index contributed by atoms with van der Waals surface area (Å²) < 4.78 is 22.3. The number of aromatic nitrogens is 3. The van der Waals surface area contributed by atoms with Crippen molar-refractivity contribution in [3.63, 3.8) is 0 Å². The first-order chi connectivity index (χ1) is 21.1. The lowest BCUT2D eigenvalue weighted by Crippen LogP contribution is -2.15. The normalized spacial score (nSPS) is 13.6. The Labute approximate surface area is 260 Å². The Morgan fingerprint density at radius 3 is 2.70 bits per heavy atom. The van der Waals surface area contributed by atoms with Crippen LogP contribution < -0.4 is 4.74 Å². The summed E-state index contributed by atoms with van der Waals surface area (Å²) in [6.45, 7) is 4.60. The molecule has 3 heterocycles. The van der Waals surface area contributed by atoms with E-state index < -0.39 is 0 Å². The van der Waals surface area contributed by atoms with Crippen LogP contribution in [0, 0.1) is 0 Å². The molecule has 0 amide bonds. The number of esters is 1. The minimum Gasteiger partial charge on any atom is -0.493 e. The number of benzene rings is 3. The van der Waals surface area contributed by atoms with Crippen LogP contribution in [-0.4, -0.2) is 45.5 Å². The van der Waals surface area contributed by atoms with E-state index in [0.717, 1.165) is 86.5 Å². The summed E-state index contributed by atoms with van der Waals surface area (Å²) in [6, 6.07) is 20.8. The molecule has 0 bridgehead atoms. The number of hydrogen-bond acceptors (Lipinski definition) is 5. The first kappa shape index (κ1) is 29.5. The van der Waals surface area contributed by atoms with Crippen molar-refractivity contribution >= 4 is 43.6 Å². The van der Waals surface area contributed by atoms with Gasteiger partial charge in [0.25, 0.3) is 0 Å². The van der Waals surface area contributed by atoms with E-state index in [1.165, 1.54) is 0 Å². The third kappa shape index (κ3) is 5.83. The number of halogens is 1. The third-order valence-electron chi connectivity index (χ3n) is 8.23. The Morgan fingerprint density at radius 1 is 1.02 bits per heavy atom. The van der Waals surface area contributed by atoms with Crippen LogP contribution in [0.25, 0.3) is 32.8 Å². The van der Waals surface area contributed by atoms with Crippen molar-refractivity contribution in [2.24, 2.45) is 7.05 Å². The molecule has 0 spiro atoms. The number of nitrogens with zero attached hydrogens (tertiary/aromatic N) is 3. The van der Waals surface area contributed by atoms with Crippen molar-refractivity contribution in [1.82, 2.24) is 14.3 Å². The number of hydrogen-bond donors (Lipinski definition) is 0. The van der Waals surface area contributed by atoms with Crippen LogP contribution in [-0.2, 0) is 42.5 Å². The predicted octanol–water partition coefficient (Wildman–Crippen LogP) is 7.63. The van der Waals surface area contributed by atoms with Gasteiger partial charge in [0, 0.05) is 53.8 Å². The molecule has 1 aliphatic heterocycles. The lowest BCUT2D eigenvalue weighted by Gasteiger charge is -2.13. The van der Waals surface area contributed by atoms with E-state index in [0.29, 0.717) is 45.1 Å². The molecule has 7 nitrogen and oxygen atoms in total. The van der Waals surface area contributed by atoms with Crippen molar-refractivity contribution in [2.75, 3.05) is 25.2 Å². The van der Waals surface area contributed by atoms with Crippen molar-refractivity contribution < 1.29 is 19.0 Å². The summed E-state index contributed by atoms with van der Waals surface area (Å²) >= 11 is 3.63. The van der Waals surface area contributed by atoms with Gasteiger partial charge in [-0.1, -0.05) is 70.5 Å². The minimum atomic E-state index is -0.271. The van der Waals surface area contributed by atoms with Crippen molar-refractivity contribution in [1.29, 1.82) is 0 Å². The molecule has 3 aromatic carbocycles. The van der Waals surface area contributed by atoms with Crippen molar-refractivity contribution in [2.45, 2.75) is 52.2 Å². The van der Waals surface area contributed by atoms with E-state index in [-0.39, 0.29) is 5.97 Å². The maximum atomic E-state index is 13.7. The zero-order valence-electron chi connectivity index (χ0n) is 24.9. The van der Waals surface area contributed by atoms with E-state index in [1.54, 1.807) is 0 Å². The number of alkyl halides is 1. The zero-order valence-corrected chi connectivity index (χ0v) is 26.5. The molecule has 8 heteroatoms. The molecule has 6 rings (SSSR count). The first-order valence-corrected chi connectivity index (χ1v) is 16.3. The Bertz CT molecular complexity index is 1750. The zero-order chi connectivity index (χ0) is 29.8. The highest BCUT2D eigenvalue weighted by Crippen LogP contribution is 2.39. The van der Waals surface area contributed by atoms with Gasteiger partial charge in [-0.15, -0.1) is 0 Å². The van der Waals surface area contributed by atoms with Gasteiger partial charge in [-0.3, -0.25) is 4.68 Å². The maximum Gasteiger partial charge on any atom is 0.355 e. The van der Waals surface area contributed by atoms with Crippen LogP contribution >= 0.6 is 15.9 Å². The molecule has 0 fully saturated rings. The number of carbonyl (C=O) groups is 1. The van der Waals surface area contributed by atoms with Crippen molar-refractivity contribution in [3.8, 4) is 16.9 Å². The Hall–Kier alpha value is -3.62. The summed E-state index contributed by atoms with van der Waals surface area (Å²) in [4.78, 5) is 13.7. The molecule has 0 saturated carbocycles. The number of ether oxygens (including phenoxy) is 3. The average molecular weight is 645 g/mol. The fraction of sp³-hybridized carbons (Fsp3) is 0.371. The second-order valence-electron chi connectivity index (χ2n) is 10.9. The molecule has 1 aliphatic rings. The largest absolute Gasteiger partial charge is 0.493 e. The highest BCUT2D eigenvalue weighted by atomic mass is 79.9. The predicted molar refractivity (Wildman–Crippen MR) is 174 cm³/mol. The Kier molecular flexibility index (Phi) is 9.14. The molecule has 43 heavy (non-hydrogen) atoms. The molecular weight excluding hydrogens is 606 g/mol. The smallest absolute Gasteiger partial charge is 0.355 e. The summed E-state index contributed by atoms with van der Waals surface area (Å²) in [5.41, 5.74) is 7.03. The highest BCUT2D eigenvalue weighted by Gasteiger charge is 2.28. The van der Waals surface area contributed by atoms with Gasteiger partial charge >= 0.3 is 5.97 Å². The summed E-state index contributed by atoms with van der Waals surface area (Å²) in [6.07, 6.45) is 4.06. The van der Waals surface area contributed by atoms with Crippen LogP contribution in [0.15, 0.2) is 60.7 Å². The van der Waals surface area contributed by atoms with E-state index in [4.69, 9.17) is 19.3 Å². The van der Waals surface area contributed by atoms with Gasteiger partial charge < -0.3 is 18.8 Å². The first-order valence-electron chi connectivity index (χ1n) is 15.2. The lowest BCUT2D eigenvalue weighted by molar-refractivity contribution is 0.0512. The van der Waals surface area contributed by atoms with Gasteiger partial charge in [0.05, 0.1) is 36.7 Å². The van der Waals surface area contributed by atoms with E-state index in [9.17, 15) is 4.79 Å². The molecule has 0 atom stereocenters. The second kappa shape index (κ2) is 13.3. The maximum absolute atomic E-state index is 13.7. The SMILES string of the molecule is CCOC(=O)c1c(CCCOc2cccc3ccccc23)c2cccc3c2n1CCCCOCc1c-3c(CCBr)nn1C. The summed E-state index contributed by atoms with van der Waals surface area (Å²) in [5.74, 6) is 0.612. The highest BCUT2D eigenvalue weighted by molar-refractivity contribution is 9.09. The Morgan fingerprint density at radius 2 is 1.84 bits per heavy atom. The van der Waals surface area contributed by atoms with Crippen LogP contribution in [0.4, 0.5) is 0 Å². The number of carbonyl (C=O) groups excluding carboxylic acids is 1. The van der Waals surface area contributed by atoms with Crippen LogP contribution in [0.1, 0.15) is 53.6 Å². The molecule has 5 aromatic rings. The van der Waals surface area contributed by atoms with E-state index in [2.05, 4.69) is 56.9 Å². The molecule has 224 valence electrons. The van der Waals surface area contributed by atoms with Gasteiger partial charge in [0.1, 0.15) is 11.4 Å². The standard InChI is InChI=1S/C35H38BrN3O4/c1-3-42-35(40)34-27(16-10-22-43-31-17-8-12-24-11-4-5-13-25(24)31)26-14-9-15-28-32-29(18-19-36)37-38(2)30(32)23-41-21-7-6-20-39(34)33(26)28/h4-5,8-9,11-15,17H,3,6-7,10,16,18-23H2,1-2H3. The molecule has 0 saturated heterocycles. The molecule has 0 N–H and O–H groups in total. The molecular formula is C35H38BrN3O4. The van der Waals surface area contributed by atoms with Crippen LogP contribution in [0.2, 0.25) is 0 Å². The van der Waals surface area contributed by atoms with Crippen LogP contribution in [0.3, 0.4) is 0 Å². The van der Waals surface area contributed by atoms with Gasteiger partial charge in [-0.05, 0) is 49.6 Å². The molecule has 0 aliphatic carbocycles. The van der Waals surface area contributed by atoms with Crippen LogP contribution in [0.5, 0.6) is 5.75 Å². The van der Waals surface area contributed by atoms with Gasteiger partial charge in [0.15, 0.2) is 0 Å². The number of fused-ring (bicyclic) bond motifs is 3. The van der Waals surface area contributed by atoms with Gasteiger partial charge in [-0.25, -0.2) is 4.79 Å². The monoisotopic (exact) mass is 643 g/mol. The fourth-order valence-electron chi connectivity index (χ4n) is 6.35. The third-order valence-corrected chi connectivity index (χ3v) is 8.63.